The van der Waals surface area contributed by atoms with Crippen LogP contribution in [0.25, 0.3) is 0 Å². The summed E-state index contributed by atoms with van der Waals surface area (Å²) in [5.74, 6) is -1.80. The highest BCUT2D eigenvalue weighted by Crippen LogP contribution is 2.28. The number of carbonyl (C=O) groups excluding carboxylic acids is 1. The minimum Gasteiger partial charge on any atom is -0.308 e. The lowest BCUT2D eigenvalue weighted by molar-refractivity contribution is 0.0980. The lowest BCUT2D eigenvalue weighted by Gasteiger charge is -2.29. The third-order valence-electron chi connectivity index (χ3n) is 3.51. The van der Waals surface area contributed by atoms with E-state index < -0.39 is 17.5 Å². The molecule has 1 amide bonds. The molecule has 4 heteroatoms. The summed E-state index contributed by atoms with van der Waals surface area (Å²) in [6.45, 7) is 0.520. The molecule has 2 aromatic carbocycles. The van der Waals surface area contributed by atoms with Crippen molar-refractivity contribution in [3.05, 3.63) is 65.2 Å². The van der Waals surface area contributed by atoms with Gasteiger partial charge in [0.05, 0.1) is 5.56 Å². The lowest BCUT2D eigenvalue weighted by atomic mass is 10.0. The van der Waals surface area contributed by atoms with Crippen molar-refractivity contribution in [3.63, 3.8) is 0 Å². The predicted octanol–water partition coefficient (Wildman–Crippen LogP) is 3.56. The molecule has 1 aliphatic rings. The standard InChI is InChI=1S/C16H13F2NO/c17-12-7-8-14(18)13(10-12)16(20)19-9-3-5-11-4-1-2-6-15(11)19/h1-2,4,6-8,10H,3,5,9H2. The second kappa shape index (κ2) is 5.04. The van der Waals surface area contributed by atoms with Crippen LogP contribution < -0.4 is 4.90 Å². The Bertz CT molecular complexity index is 669. The van der Waals surface area contributed by atoms with Gasteiger partial charge >= 0.3 is 0 Å². The SMILES string of the molecule is O=C(c1cc(F)ccc1F)N1CCCc2ccccc21. The normalized spacial score (nSPS) is 14.0. The van der Waals surface area contributed by atoms with Gasteiger partial charge in [-0.05, 0) is 42.7 Å². The Morgan fingerprint density at radius 1 is 1.10 bits per heavy atom. The fraction of sp³-hybridized carbons (Fsp3) is 0.188. The first-order valence-corrected chi connectivity index (χ1v) is 6.51. The van der Waals surface area contributed by atoms with Crippen LogP contribution >= 0.6 is 0 Å². The van der Waals surface area contributed by atoms with Crippen molar-refractivity contribution in [3.8, 4) is 0 Å². The van der Waals surface area contributed by atoms with Crippen molar-refractivity contribution in [2.75, 3.05) is 11.4 Å². The number of halogens is 2. The fourth-order valence-corrected chi connectivity index (χ4v) is 2.55. The van der Waals surface area contributed by atoms with E-state index in [1.807, 2.05) is 24.3 Å². The van der Waals surface area contributed by atoms with Crippen LogP contribution in [0.2, 0.25) is 0 Å². The van der Waals surface area contributed by atoms with Crippen LogP contribution in [0.4, 0.5) is 14.5 Å². The van der Waals surface area contributed by atoms with Crippen LogP contribution in [-0.2, 0) is 6.42 Å². The van der Waals surface area contributed by atoms with Crippen molar-refractivity contribution in [2.24, 2.45) is 0 Å². The van der Waals surface area contributed by atoms with E-state index in [4.69, 9.17) is 0 Å². The average molecular weight is 273 g/mol. The van der Waals surface area contributed by atoms with Crippen molar-refractivity contribution in [1.29, 1.82) is 0 Å². The monoisotopic (exact) mass is 273 g/mol. The van der Waals surface area contributed by atoms with Crippen LogP contribution in [-0.4, -0.2) is 12.5 Å². The van der Waals surface area contributed by atoms with Crippen LogP contribution in [0.3, 0.4) is 0 Å². The van der Waals surface area contributed by atoms with Gasteiger partial charge in [-0.1, -0.05) is 18.2 Å². The van der Waals surface area contributed by atoms with Gasteiger partial charge in [0.1, 0.15) is 11.6 Å². The molecule has 0 fully saturated rings. The number of carbonyl (C=O) groups is 1. The minimum atomic E-state index is -0.695. The first kappa shape index (κ1) is 12.8. The van der Waals surface area contributed by atoms with Gasteiger partial charge in [-0.3, -0.25) is 4.79 Å². The summed E-state index contributed by atoms with van der Waals surface area (Å²) in [5, 5.41) is 0. The summed E-state index contributed by atoms with van der Waals surface area (Å²) in [6.07, 6.45) is 1.71. The minimum absolute atomic E-state index is 0.221. The summed E-state index contributed by atoms with van der Waals surface area (Å²) in [4.78, 5) is 14.0. The van der Waals surface area contributed by atoms with Gasteiger partial charge in [0.2, 0.25) is 0 Å². The Morgan fingerprint density at radius 3 is 2.75 bits per heavy atom. The Morgan fingerprint density at radius 2 is 1.90 bits per heavy atom. The molecular weight excluding hydrogens is 260 g/mol. The quantitative estimate of drug-likeness (QED) is 0.778. The maximum atomic E-state index is 13.7. The van der Waals surface area contributed by atoms with Gasteiger partial charge in [-0.2, -0.15) is 0 Å². The van der Waals surface area contributed by atoms with Gasteiger partial charge in [-0.15, -0.1) is 0 Å². The van der Waals surface area contributed by atoms with Crippen LogP contribution in [0.15, 0.2) is 42.5 Å². The zero-order chi connectivity index (χ0) is 14.1. The number of anilines is 1. The number of nitrogens with zero attached hydrogens (tertiary/aromatic N) is 1. The first-order valence-electron chi connectivity index (χ1n) is 6.51. The Balaban J connectivity index is 2.02. The summed E-state index contributed by atoms with van der Waals surface area (Å²) in [7, 11) is 0. The highest BCUT2D eigenvalue weighted by molar-refractivity contribution is 6.06. The molecule has 1 heterocycles. The zero-order valence-electron chi connectivity index (χ0n) is 10.8. The molecular formula is C16H13F2NO. The van der Waals surface area contributed by atoms with Crippen molar-refractivity contribution >= 4 is 11.6 Å². The Hall–Kier alpha value is -2.23. The maximum Gasteiger partial charge on any atom is 0.261 e. The van der Waals surface area contributed by atoms with Crippen LogP contribution in [0.1, 0.15) is 22.3 Å². The fourth-order valence-electron chi connectivity index (χ4n) is 2.55. The number of para-hydroxylation sites is 1. The number of amides is 1. The molecule has 0 aliphatic carbocycles. The third kappa shape index (κ3) is 2.18. The highest BCUT2D eigenvalue weighted by atomic mass is 19.1. The molecule has 0 aromatic heterocycles. The van der Waals surface area contributed by atoms with Gasteiger partial charge in [0, 0.05) is 12.2 Å². The molecule has 0 saturated heterocycles. The number of benzene rings is 2. The molecule has 2 aromatic rings. The van der Waals surface area contributed by atoms with E-state index in [9.17, 15) is 13.6 Å². The molecule has 2 nitrogen and oxygen atoms in total. The van der Waals surface area contributed by atoms with Crippen LogP contribution in [0, 0.1) is 11.6 Å². The first-order chi connectivity index (χ1) is 9.66. The summed E-state index contributed by atoms with van der Waals surface area (Å²) in [6, 6.07) is 10.5. The molecule has 0 saturated carbocycles. The van der Waals surface area contributed by atoms with E-state index >= 15 is 0 Å². The van der Waals surface area contributed by atoms with Crippen molar-refractivity contribution in [2.45, 2.75) is 12.8 Å². The van der Waals surface area contributed by atoms with E-state index in [1.54, 1.807) is 0 Å². The van der Waals surface area contributed by atoms with E-state index in [-0.39, 0.29) is 5.56 Å². The zero-order valence-corrected chi connectivity index (χ0v) is 10.8. The van der Waals surface area contributed by atoms with Crippen molar-refractivity contribution in [1.82, 2.24) is 0 Å². The van der Waals surface area contributed by atoms with Gasteiger partial charge in [-0.25, -0.2) is 8.78 Å². The topological polar surface area (TPSA) is 20.3 Å². The van der Waals surface area contributed by atoms with E-state index in [0.717, 1.165) is 42.3 Å². The maximum absolute atomic E-state index is 13.7. The smallest absolute Gasteiger partial charge is 0.261 e. The molecule has 0 unspecified atom stereocenters. The molecule has 0 atom stereocenters. The molecule has 1 aliphatic heterocycles. The van der Waals surface area contributed by atoms with Gasteiger partial charge in [0.15, 0.2) is 0 Å². The third-order valence-corrected chi connectivity index (χ3v) is 3.51. The van der Waals surface area contributed by atoms with Gasteiger partial charge in [0.25, 0.3) is 5.91 Å². The number of hydrogen-bond acceptors (Lipinski definition) is 1. The summed E-state index contributed by atoms with van der Waals surface area (Å²) < 4.78 is 27.0. The molecule has 20 heavy (non-hydrogen) atoms. The molecule has 0 bridgehead atoms. The number of hydrogen-bond donors (Lipinski definition) is 0. The van der Waals surface area contributed by atoms with Crippen LogP contribution in [0.5, 0.6) is 0 Å². The Labute approximate surface area is 115 Å². The second-order valence-electron chi connectivity index (χ2n) is 4.81. The largest absolute Gasteiger partial charge is 0.308 e. The molecule has 0 spiro atoms. The average Bonchev–Trinajstić information content (AvgIpc) is 2.48. The van der Waals surface area contributed by atoms with E-state index in [0.29, 0.717) is 6.54 Å². The molecule has 102 valence electrons. The molecule has 0 radical (unpaired) electrons. The predicted molar refractivity (Wildman–Crippen MR) is 72.8 cm³/mol. The lowest BCUT2D eigenvalue weighted by Crippen LogP contribution is -2.36. The van der Waals surface area contributed by atoms with E-state index in [1.165, 1.54) is 4.90 Å². The summed E-state index contributed by atoms with van der Waals surface area (Å²) >= 11 is 0. The second-order valence-corrected chi connectivity index (χ2v) is 4.81. The van der Waals surface area contributed by atoms with E-state index in [2.05, 4.69) is 0 Å². The molecule has 3 rings (SSSR count). The summed E-state index contributed by atoms with van der Waals surface area (Å²) in [5.41, 5.74) is 1.62. The number of aryl methyl sites for hydroxylation is 1. The highest BCUT2D eigenvalue weighted by Gasteiger charge is 2.25. The van der Waals surface area contributed by atoms with Gasteiger partial charge < -0.3 is 4.90 Å². The number of fused-ring (bicyclic) bond motifs is 1. The molecule has 0 N–H and O–H groups in total. The number of rotatable bonds is 1. The van der Waals surface area contributed by atoms with Crippen molar-refractivity contribution < 1.29 is 13.6 Å². The Kier molecular flexibility index (Phi) is 3.22.